The van der Waals surface area contributed by atoms with Crippen molar-refractivity contribution in [1.82, 2.24) is 4.98 Å². The van der Waals surface area contributed by atoms with Gasteiger partial charge in [-0.2, -0.15) is 0 Å². The molecule has 2 heterocycles. The summed E-state index contributed by atoms with van der Waals surface area (Å²) < 4.78 is 5.40. The Morgan fingerprint density at radius 2 is 2.39 bits per heavy atom. The van der Waals surface area contributed by atoms with Crippen LogP contribution in [0.5, 0.6) is 10.8 Å². The van der Waals surface area contributed by atoms with Crippen LogP contribution in [0.2, 0.25) is 0 Å². The van der Waals surface area contributed by atoms with Crippen LogP contribution in [0.25, 0.3) is 0 Å². The molecule has 1 atom stereocenters. The average Bonchev–Trinajstić information content (AvgIpc) is 2.74. The zero-order chi connectivity index (χ0) is 13.1. The van der Waals surface area contributed by atoms with Crippen LogP contribution < -0.4 is 4.74 Å². The Hall–Kier alpha value is -1.99. The summed E-state index contributed by atoms with van der Waals surface area (Å²) in [6.45, 7) is 1.55. The summed E-state index contributed by atoms with van der Waals surface area (Å²) in [5.74, 6) is 0.416. The van der Waals surface area contributed by atoms with Crippen LogP contribution in [0, 0.1) is 10.1 Å². The fourth-order valence-electron chi connectivity index (χ4n) is 1.30. The first-order chi connectivity index (χ1) is 8.58. The molecule has 2 rings (SSSR count). The molecule has 0 saturated carbocycles. The van der Waals surface area contributed by atoms with Crippen LogP contribution in [-0.4, -0.2) is 15.0 Å². The quantitative estimate of drug-likeness (QED) is 0.679. The van der Waals surface area contributed by atoms with Gasteiger partial charge in [0.2, 0.25) is 0 Å². The van der Waals surface area contributed by atoms with Crippen LogP contribution in [0.15, 0.2) is 30.6 Å². The zero-order valence-corrected chi connectivity index (χ0v) is 10.3. The van der Waals surface area contributed by atoms with Crippen LogP contribution in [0.1, 0.15) is 17.9 Å². The zero-order valence-electron chi connectivity index (χ0n) is 9.44. The summed E-state index contributed by atoms with van der Waals surface area (Å²) in [6, 6.07) is 4.64. The predicted molar refractivity (Wildman–Crippen MR) is 65.9 cm³/mol. The number of rotatable bonds is 4. The summed E-state index contributed by atoms with van der Waals surface area (Å²) in [4.78, 5) is 14.7. The van der Waals surface area contributed by atoms with E-state index in [9.17, 15) is 15.2 Å². The lowest BCUT2D eigenvalue weighted by atomic mass is 10.3. The third-order valence-electron chi connectivity index (χ3n) is 2.15. The standard InChI is InChI=1S/C11H10N2O4S/c1-7(14)10-5-9(13(15)16)11(18-10)17-8-3-2-4-12-6-8/h2-7,14H,1H3. The minimum atomic E-state index is -0.764. The van der Waals surface area contributed by atoms with Gasteiger partial charge in [-0.3, -0.25) is 15.1 Å². The number of hydrogen-bond donors (Lipinski definition) is 1. The van der Waals surface area contributed by atoms with Gasteiger partial charge in [0.1, 0.15) is 5.75 Å². The van der Waals surface area contributed by atoms with Gasteiger partial charge in [0.05, 0.1) is 17.2 Å². The monoisotopic (exact) mass is 266 g/mol. The van der Waals surface area contributed by atoms with Crippen LogP contribution >= 0.6 is 11.3 Å². The van der Waals surface area contributed by atoms with Crippen molar-refractivity contribution >= 4 is 17.0 Å². The maximum atomic E-state index is 10.9. The summed E-state index contributed by atoms with van der Waals surface area (Å²) in [5.41, 5.74) is -0.153. The number of thiophene rings is 1. The van der Waals surface area contributed by atoms with E-state index in [1.54, 1.807) is 25.3 Å². The Balaban J connectivity index is 2.34. The molecule has 0 spiro atoms. The second-order valence-electron chi connectivity index (χ2n) is 3.55. The predicted octanol–water partition coefficient (Wildman–Crippen LogP) is 2.90. The number of nitrogens with zero attached hydrogens (tertiary/aromatic N) is 2. The number of hydrogen-bond acceptors (Lipinski definition) is 6. The second-order valence-corrected chi connectivity index (χ2v) is 4.59. The van der Waals surface area contributed by atoms with Gasteiger partial charge in [-0.15, -0.1) is 0 Å². The third-order valence-corrected chi connectivity index (χ3v) is 3.32. The lowest BCUT2D eigenvalue weighted by Crippen LogP contribution is -1.89. The SMILES string of the molecule is CC(O)c1cc([N+](=O)[O-])c(Oc2cccnc2)s1. The van der Waals surface area contributed by atoms with Crippen molar-refractivity contribution in [3.8, 4) is 10.8 Å². The summed E-state index contributed by atoms with van der Waals surface area (Å²) in [6.07, 6.45) is 2.28. The first kappa shape index (κ1) is 12.5. The molecule has 0 aliphatic heterocycles. The maximum absolute atomic E-state index is 10.9. The van der Waals surface area contributed by atoms with E-state index in [2.05, 4.69) is 4.98 Å². The van der Waals surface area contributed by atoms with E-state index >= 15 is 0 Å². The molecule has 18 heavy (non-hydrogen) atoms. The highest BCUT2D eigenvalue weighted by atomic mass is 32.1. The highest BCUT2D eigenvalue weighted by Crippen LogP contribution is 2.41. The van der Waals surface area contributed by atoms with Gasteiger partial charge in [0.25, 0.3) is 5.06 Å². The molecular weight excluding hydrogens is 256 g/mol. The minimum absolute atomic E-state index is 0.143. The van der Waals surface area contributed by atoms with Crippen LogP contribution in [0.3, 0.4) is 0 Å². The van der Waals surface area contributed by atoms with Crippen molar-refractivity contribution < 1.29 is 14.8 Å². The van der Waals surface area contributed by atoms with Gasteiger partial charge >= 0.3 is 5.69 Å². The van der Waals surface area contributed by atoms with E-state index in [4.69, 9.17) is 4.74 Å². The van der Waals surface area contributed by atoms with Crippen molar-refractivity contribution in [2.75, 3.05) is 0 Å². The summed E-state index contributed by atoms with van der Waals surface area (Å²) in [5, 5.41) is 20.5. The smallest absolute Gasteiger partial charge is 0.323 e. The molecule has 0 aromatic carbocycles. The van der Waals surface area contributed by atoms with E-state index in [1.807, 2.05) is 0 Å². The molecule has 2 aromatic rings. The van der Waals surface area contributed by atoms with E-state index in [-0.39, 0.29) is 10.8 Å². The molecule has 0 radical (unpaired) electrons. The van der Waals surface area contributed by atoms with Gasteiger partial charge in [0.15, 0.2) is 0 Å². The number of ether oxygens (including phenoxy) is 1. The van der Waals surface area contributed by atoms with E-state index in [0.29, 0.717) is 10.6 Å². The average molecular weight is 266 g/mol. The number of nitro groups is 1. The third kappa shape index (κ3) is 2.63. The number of pyridine rings is 1. The molecule has 0 aliphatic rings. The molecule has 0 aliphatic carbocycles. The number of aliphatic hydroxyl groups excluding tert-OH is 1. The largest absolute Gasteiger partial charge is 0.438 e. The van der Waals surface area contributed by atoms with E-state index in [1.165, 1.54) is 12.3 Å². The fourth-order valence-corrected chi connectivity index (χ4v) is 2.23. The van der Waals surface area contributed by atoms with Gasteiger partial charge in [-0.1, -0.05) is 11.3 Å². The molecule has 1 unspecified atom stereocenters. The first-order valence-electron chi connectivity index (χ1n) is 5.12. The lowest BCUT2D eigenvalue weighted by molar-refractivity contribution is -0.385. The molecule has 0 amide bonds. The van der Waals surface area contributed by atoms with Gasteiger partial charge in [0, 0.05) is 17.1 Å². The molecule has 2 aromatic heterocycles. The Morgan fingerprint density at radius 3 is 2.94 bits per heavy atom. The Kier molecular flexibility index (Phi) is 3.54. The second kappa shape index (κ2) is 5.11. The first-order valence-corrected chi connectivity index (χ1v) is 5.93. The Bertz CT molecular complexity index is 553. The molecule has 6 nitrogen and oxygen atoms in total. The van der Waals surface area contributed by atoms with Gasteiger partial charge in [-0.05, 0) is 19.1 Å². The van der Waals surface area contributed by atoms with Gasteiger partial charge < -0.3 is 9.84 Å². The van der Waals surface area contributed by atoms with Crippen LogP contribution in [-0.2, 0) is 0 Å². The summed E-state index contributed by atoms with van der Waals surface area (Å²) >= 11 is 1.05. The van der Waals surface area contributed by atoms with E-state index < -0.39 is 11.0 Å². The van der Waals surface area contributed by atoms with Crippen molar-refractivity contribution in [3.05, 3.63) is 45.6 Å². The van der Waals surface area contributed by atoms with Gasteiger partial charge in [-0.25, -0.2) is 0 Å². The lowest BCUT2D eigenvalue weighted by Gasteiger charge is -2.01. The highest BCUT2D eigenvalue weighted by molar-refractivity contribution is 7.14. The molecule has 94 valence electrons. The normalized spacial score (nSPS) is 12.1. The fraction of sp³-hybridized carbons (Fsp3) is 0.182. The molecule has 0 bridgehead atoms. The van der Waals surface area contributed by atoms with Crippen molar-refractivity contribution in [2.24, 2.45) is 0 Å². The molecule has 0 fully saturated rings. The number of aliphatic hydroxyl groups is 1. The minimum Gasteiger partial charge on any atom is -0.438 e. The Morgan fingerprint density at radius 1 is 1.61 bits per heavy atom. The molecule has 7 heteroatoms. The van der Waals surface area contributed by atoms with Crippen molar-refractivity contribution in [2.45, 2.75) is 13.0 Å². The van der Waals surface area contributed by atoms with Crippen molar-refractivity contribution in [1.29, 1.82) is 0 Å². The molecular formula is C11H10N2O4S. The van der Waals surface area contributed by atoms with E-state index in [0.717, 1.165) is 11.3 Å². The highest BCUT2D eigenvalue weighted by Gasteiger charge is 2.22. The maximum Gasteiger partial charge on any atom is 0.323 e. The van der Waals surface area contributed by atoms with Crippen LogP contribution in [0.4, 0.5) is 5.69 Å². The molecule has 0 saturated heterocycles. The summed E-state index contributed by atoms with van der Waals surface area (Å²) in [7, 11) is 0. The van der Waals surface area contributed by atoms with Crippen molar-refractivity contribution in [3.63, 3.8) is 0 Å². The topological polar surface area (TPSA) is 85.5 Å². The molecule has 1 N–H and O–H groups in total. The Labute approximate surface area is 107 Å². The number of aromatic nitrogens is 1.